The lowest BCUT2D eigenvalue weighted by atomic mass is 9.89. The molecular weight excluding hydrogens is 242 g/mol. The second-order valence-corrected chi connectivity index (χ2v) is 6.44. The molecule has 0 spiro atoms. The SMILES string of the molecule is CC1(C(=O)NCC2CN3CCCC3CO2)CCNC1. The second kappa shape index (κ2) is 5.38. The number of fused-ring (bicyclic) bond motifs is 1. The van der Waals surface area contributed by atoms with Gasteiger partial charge in [-0.2, -0.15) is 0 Å². The zero-order chi connectivity index (χ0) is 13.3. The summed E-state index contributed by atoms with van der Waals surface area (Å²) in [5, 5.41) is 6.35. The minimum atomic E-state index is -0.231. The maximum absolute atomic E-state index is 12.2. The summed E-state index contributed by atoms with van der Waals surface area (Å²) in [5.41, 5.74) is -0.231. The minimum absolute atomic E-state index is 0.163. The Bertz CT molecular complexity index is 342. The van der Waals surface area contributed by atoms with E-state index in [2.05, 4.69) is 15.5 Å². The van der Waals surface area contributed by atoms with Crippen LogP contribution < -0.4 is 10.6 Å². The highest BCUT2D eigenvalue weighted by molar-refractivity contribution is 5.82. The number of rotatable bonds is 3. The molecule has 5 nitrogen and oxygen atoms in total. The number of nitrogens with zero attached hydrogens (tertiary/aromatic N) is 1. The lowest BCUT2D eigenvalue weighted by Gasteiger charge is -2.35. The highest BCUT2D eigenvalue weighted by Crippen LogP contribution is 2.25. The van der Waals surface area contributed by atoms with E-state index < -0.39 is 0 Å². The molecule has 3 unspecified atom stereocenters. The standard InChI is InChI=1S/C14H25N3O2/c1-14(4-5-15-10-14)13(18)16-7-12-8-17-6-2-3-11(17)9-19-12/h11-12,15H,2-10H2,1H3,(H,16,18). The topological polar surface area (TPSA) is 53.6 Å². The first-order valence-corrected chi connectivity index (χ1v) is 7.52. The third-order valence-electron chi connectivity index (χ3n) is 4.87. The smallest absolute Gasteiger partial charge is 0.227 e. The van der Waals surface area contributed by atoms with Gasteiger partial charge >= 0.3 is 0 Å². The van der Waals surface area contributed by atoms with Crippen molar-refractivity contribution in [3.8, 4) is 0 Å². The Morgan fingerprint density at radius 1 is 1.58 bits per heavy atom. The average Bonchev–Trinajstić information content (AvgIpc) is 3.04. The van der Waals surface area contributed by atoms with Crippen molar-refractivity contribution in [3.63, 3.8) is 0 Å². The summed E-state index contributed by atoms with van der Waals surface area (Å²) in [5.74, 6) is 0.171. The molecule has 3 aliphatic rings. The van der Waals surface area contributed by atoms with Crippen LogP contribution in [-0.2, 0) is 9.53 Å². The fourth-order valence-corrected chi connectivity index (χ4v) is 3.44. The summed E-state index contributed by atoms with van der Waals surface area (Å²) in [4.78, 5) is 14.7. The quantitative estimate of drug-likeness (QED) is 0.754. The van der Waals surface area contributed by atoms with E-state index in [0.717, 1.165) is 32.7 Å². The van der Waals surface area contributed by atoms with Gasteiger partial charge in [0.05, 0.1) is 18.1 Å². The fraction of sp³-hybridized carbons (Fsp3) is 0.929. The Morgan fingerprint density at radius 3 is 3.26 bits per heavy atom. The Kier molecular flexibility index (Phi) is 3.78. The summed E-state index contributed by atoms with van der Waals surface area (Å²) in [6.07, 6.45) is 3.65. The van der Waals surface area contributed by atoms with Crippen molar-refractivity contribution in [2.24, 2.45) is 5.41 Å². The average molecular weight is 267 g/mol. The molecule has 0 radical (unpaired) electrons. The molecule has 3 aliphatic heterocycles. The summed E-state index contributed by atoms with van der Waals surface area (Å²) in [7, 11) is 0. The van der Waals surface area contributed by atoms with Crippen LogP contribution in [0.3, 0.4) is 0 Å². The van der Waals surface area contributed by atoms with Crippen molar-refractivity contribution < 1.29 is 9.53 Å². The van der Waals surface area contributed by atoms with Crippen LogP contribution in [0.25, 0.3) is 0 Å². The number of amides is 1. The number of ether oxygens (including phenoxy) is 1. The number of hydrogen-bond donors (Lipinski definition) is 2. The normalized spacial score (nSPS) is 39.2. The van der Waals surface area contributed by atoms with E-state index in [9.17, 15) is 4.79 Å². The molecule has 3 fully saturated rings. The molecule has 19 heavy (non-hydrogen) atoms. The van der Waals surface area contributed by atoms with Gasteiger partial charge in [-0.3, -0.25) is 9.69 Å². The van der Waals surface area contributed by atoms with E-state index in [1.54, 1.807) is 0 Å². The number of hydrogen-bond acceptors (Lipinski definition) is 4. The maximum Gasteiger partial charge on any atom is 0.227 e. The lowest BCUT2D eigenvalue weighted by molar-refractivity contribution is -0.130. The van der Waals surface area contributed by atoms with Crippen molar-refractivity contribution in [2.45, 2.75) is 38.3 Å². The van der Waals surface area contributed by atoms with Gasteiger partial charge in [-0.1, -0.05) is 0 Å². The Labute approximate surface area is 115 Å². The van der Waals surface area contributed by atoms with Crippen LogP contribution in [0.2, 0.25) is 0 Å². The van der Waals surface area contributed by atoms with Crippen LogP contribution in [0.5, 0.6) is 0 Å². The number of morpholine rings is 1. The largest absolute Gasteiger partial charge is 0.373 e. The van der Waals surface area contributed by atoms with Crippen molar-refractivity contribution in [2.75, 3.05) is 39.3 Å². The predicted octanol–water partition coefficient (Wildman–Crippen LogP) is -0.0346. The predicted molar refractivity (Wildman–Crippen MR) is 72.9 cm³/mol. The Balaban J connectivity index is 1.46. The maximum atomic E-state index is 12.2. The van der Waals surface area contributed by atoms with E-state index in [1.165, 1.54) is 19.4 Å². The molecule has 3 atom stereocenters. The minimum Gasteiger partial charge on any atom is -0.373 e. The van der Waals surface area contributed by atoms with E-state index in [1.807, 2.05) is 6.92 Å². The number of nitrogens with one attached hydrogen (secondary N) is 2. The van der Waals surface area contributed by atoms with Crippen molar-refractivity contribution in [3.05, 3.63) is 0 Å². The van der Waals surface area contributed by atoms with Gasteiger partial charge in [-0.15, -0.1) is 0 Å². The molecular formula is C14H25N3O2. The molecule has 0 saturated carbocycles. The Hall–Kier alpha value is -0.650. The van der Waals surface area contributed by atoms with Gasteiger partial charge in [0.25, 0.3) is 0 Å². The van der Waals surface area contributed by atoms with Gasteiger partial charge < -0.3 is 15.4 Å². The molecule has 1 amide bonds. The van der Waals surface area contributed by atoms with Gasteiger partial charge in [-0.05, 0) is 39.3 Å². The fourth-order valence-electron chi connectivity index (χ4n) is 3.44. The van der Waals surface area contributed by atoms with Crippen LogP contribution >= 0.6 is 0 Å². The molecule has 3 rings (SSSR count). The second-order valence-electron chi connectivity index (χ2n) is 6.44. The highest BCUT2D eigenvalue weighted by Gasteiger charge is 2.37. The molecule has 0 bridgehead atoms. The zero-order valence-electron chi connectivity index (χ0n) is 11.8. The first-order chi connectivity index (χ1) is 9.17. The van der Waals surface area contributed by atoms with E-state index in [0.29, 0.717) is 12.6 Å². The Morgan fingerprint density at radius 2 is 2.47 bits per heavy atom. The summed E-state index contributed by atoms with van der Waals surface area (Å²) in [6.45, 7) is 7.43. The van der Waals surface area contributed by atoms with Crippen LogP contribution in [0.1, 0.15) is 26.2 Å². The third-order valence-corrected chi connectivity index (χ3v) is 4.87. The van der Waals surface area contributed by atoms with E-state index in [4.69, 9.17) is 4.74 Å². The molecule has 0 aromatic rings. The molecule has 0 aromatic heterocycles. The van der Waals surface area contributed by atoms with Gasteiger partial charge in [-0.25, -0.2) is 0 Å². The van der Waals surface area contributed by atoms with Crippen LogP contribution in [-0.4, -0.2) is 62.3 Å². The third kappa shape index (κ3) is 2.78. The molecule has 3 heterocycles. The highest BCUT2D eigenvalue weighted by atomic mass is 16.5. The summed E-state index contributed by atoms with van der Waals surface area (Å²) >= 11 is 0. The van der Waals surface area contributed by atoms with Crippen molar-refractivity contribution >= 4 is 5.91 Å². The van der Waals surface area contributed by atoms with Crippen LogP contribution in [0.15, 0.2) is 0 Å². The van der Waals surface area contributed by atoms with Gasteiger partial charge in [0.1, 0.15) is 0 Å². The van der Waals surface area contributed by atoms with Gasteiger partial charge in [0.2, 0.25) is 5.91 Å². The van der Waals surface area contributed by atoms with Crippen LogP contribution in [0.4, 0.5) is 0 Å². The van der Waals surface area contributed by atoms with Crippen LogP contribution in [0, 0.1) is 5.41 Å². The first-order valence-electron chi connectivity index (χ1n) is 7.52. The van der Waals surface area contributed by atoms with E-state index in [-0.39, 0.29) is 17.4 Å². The van der Waals surface area contributed by atoms with Crippen molar-refractivity contribution in [1.29, 1.82) is 0 Å². The number of carbonyl (C=O) groups is 1. The summed E-state index contributed by atoms with van der Waals surface area (Å²) in [6, 6.07) is 0.628. The molecule has 0 aliphatic carbocycles. The first kappa shape index (κ1) is 13.3. The summed E-state index contributed by atoms with van der Waals surface area (Å²) < 4.78 is 5.87. The van der Waals surface area contributed by atoms with Gasteiger partial charge in [0.15, 0.2) is 0 Å². The van der Waals surface area contributed by atoms with E-state index >= 15 is 0 Å². The zero-order valence-corrected chi connectivity index (χ0v) is 11.8. The molecule has 2 N–H and O–H groups in total. The molecule has 5 heteroatoms. The van der Waals surface area contributed by atoms with Crippen molar-refractivity contribution in [1.82, 2.24) is 15.5 Å². The molecule has 3 saturated heterocycles. The molecule has 108 valence electrons. The lowest BCUT2D eigenvalue weighted by Crippen LogP contribution is -2.51. The van der Waals surface area contributed by atoms with Gasteiger partial charge in [0, 0.05) is 25.7 Å². The molecule has 0 aromatic carbocycles. The number of carbonyl (C=O) groups excluding carboxylic acids is 1. The monoisotopic (exact) mass is 267 g/mol.